The molecule has 0 aliphatic carbocycles. The van der Waals surface area contributed by atoms with Crippen molar-refractivity contribution in [3.8, 4) is 0 Å². The van der Waals surface area contributed by atoms with Crippen LogP contribution in [0.25, 0.3) is 0 Å². The van der Waals surface area contributed by atoms with Crippen LogP contribution < -0.4 is 4.90 Å². The number of urea groups is 1. The van der Waals surface area contributed by atoms with E-state index in [0.29, 0.717) is 0 Å². The van der Waals surface area contributed by atoms with Crippen LogP contribution in [-0.4, -0.2) is 36.1 Å². The summed E-state index contributed by atoms with van der Waals surface area (Å²) in [5, 5.41) is 0. The summed E-state index contributed by atoms with van der Waals surface area (Å²) in [5.41, 5.74) is 1.96. The maximum Gasteiger partial charge on any atom is 0.324 e. The highest BCUT2D eigenvalue weighted by Crippen LogP contribution is 2.18. The Balaban J connectivity index is 2.28. The lowest BCUT2D eigenvalue weighted by Crippen LogP contribution is -2.29. The number of hydrogen-bond donors (Lipinski definition) is 0. The number of amides is 2. The molecule has 2 amide bonds. The van der Waals surface area contributed by atoms with Gasteiger partial charge in [0.25, 0.3) is 0 Å². The molecule has 0 N–H and O–H groups in total. The maximum absolute atomic E-state index is 11.6. The molecule has 1 aliphatic heterocycles. The molecule has 14 heavy (non-hydrogen) atoms. The van der Waals surface area contributed by atoms with Gasteiger partial charge < -0.3 is 4.90 Å². The Labute approximate surface area is 83.2 Å². The lowest BCUT2D eigenvalue weighted by molar-refractivity contribution is 0.229. The van der Waals surface area contributed by atoms with Gasteiger partial charge in [-0.1, -0.05) is 0 Å². The zero-order valence-corrected chi connectivity index (χ0v) is 8.40. The number of hydrogen-bond acceptors (Lipinski definition) is 2. The van der Waals surface area contributed by atoms with Gasteiger partial charge in [0, 0.05) is 26.3 Å². The third-order valence-corrected chi connectivity index (χ3v) is 2.39. The van der Waals surface area contributed by atoms with Crippen LogP contribution in [0.15, 0.2) is 18.5 Å². The van der Waals surface area contributed by atoms with Crippen molar-refractivity contribution in [2.24, 2.45) is 0 Å². The predicted molar refractivity (Wildman–Crippen MR) is 54.3 cm³/mol. The van der Waals surface area contributed by atoms with Crippen LogP contribution >= 0.6 is 0 Å². The molecule has 1 saturated heterocycles. The second kappa shape index (κ2) is 3.29. The van der Waals surface area contributed by atoms with E-state index in [0.717, 1.165) is 24.3 Å². The molecule has 0 unspecified atom stereocenters. The highest BCUT2D eigenvalue weighted by Gasteiger charge is 2.26. The molecule has 2 rings (SSSR count). The molecule has 0 radical (unpaired) electrons. The summed E-state index contributed by atoms with van der Waals surface area (Å²) in [5.74, 6) is 0. The van der Waals surface area contributed by atoms with Gasteiger partial charge in [-0.2, -0.15) is 0 Å². The number of aromatic nitrogens is 1. The highest BCUT2D eigenvalue weighted by atomic mass is 16.2. The minimum Gasteiger partial charge on any atom is -0.326 e. The summed E-state index contributed by atoms with van der Waals surface area (Å²) in [6, 6.07) is 2.03. The van der Waals surface area contributed by atoms with Gasteiger partial charge >= 0.3 is 6.03 Å². The van der Waals surface area contributed by atoms with E-state index in [-0.39, 0.29) is 6.03 Å². The molecular weight excluding hydrogens is 178 g/mol. The first-order valence-electron chi connectivity index (χ1n) is 4.63. The summed E-state index contributed by atoms with van der Waals surface area (Å²) in [4.78, 5) is 19.2. The fourth-order valence-corrected chi connectivity index (χ4v) is 1.57. The normalized spacial score (nSPS) is 16.6. The van der Waals surface area contributed by atoms with Crippen LogP contribution in [0.4, 0.5) is 10.5 Å². The zero-order chi connectivity index (χ0) is 10.1. The quantitative estimate of drug-likeness (QED) is 0.670. The number of nitrogens with zero attached hydrogens (tertiary/aromatic N) is 3. The van der Waals surface area contributed by atoms with Crippen molar-refractivity contribution in [2.75, 3.05) is 25.0 Å². The third-order valence-electron chi connectivity index (χ3n) is 2.39. The van der Waals surface area contributed by atoms with Crippen LogP contribution in [0, 0.1) is 6.92 Å². The van der Waals surface area contributed by atoms with Gasteiger partial charge in [-0.05, 0) is 18.6 Å². The average Bonchev–Trinajstić information content (AvgIpc) is 2.48. The number of pyridine rings is 1. The zero-order valence-electron chi connectivity index (χ0n) is 8.40. The molecule has 4 nitrogen and oxygen atoms in total. The largest absolute Gasteiger partial charge is 0.326 e. The SMILES string of the molecule is Cc1cncc(N2CCN(C)C2=O)c1. The number of rotatable bonds is 1. The number of likely N-dealkylation sites (N-methyl/N-ethyl adjacent to an activating group) is 1. The predicted octanol–water partition coefficient (Wildman–Crippen LogP) is 1.26. The van der Waals surface area contributed by atoms with Crippen LogP contribution in [0.2, 0.25) is 0 Å². The fraction of sp³-hybridized carbons (Fsp3) is 0.400. The molecule has 0 bridgehead atoms. The first-order chi connectivity index (χ1) is 6.68. The standard InChI is InChI=1S/C10H13N3O/c1-8-5-9(7-11-6-8)13-4-3-12(2)10(13)14/h5-7H,3-4H2,1-2H3. The Kier molecular flexibility index (Phi) is 2.11. The Morgan fingerprint density at radius 2 is 2.14 bits per heavy atom. The van der Waals surface area contributed by atoms with E-state index in [1.807, 2.05) is 20.0 Å². The van der Waals surface area contributed by atoms with Gasteiger partial charge in [0.2, 0.25) is 0 Å². The molecule has 2 heterocycles. The van der Waals surface area contributed by atoms with E-state index < -0.39 is 0 Å². The van der Waals surface area contributed by atoms with Crippen molar-refractivity contribution in [1.29, 1.82) is 0 Å². The van der Waals surface area contributed by atoms with Gasteiger partial charge in [0.05, 0.1) is 11.9 Å². The number of carbonyl (C=O) groups excluding carboxylic acids is 1. The van der Waals surface area contributed by atoms with E-state index in [1.54, 1.807) is 22.2 Å². The fourth-order valence-electron chi connectivity index (χ4n) is 1.57. The lowest BCUT2D eigenvalue weighted by atomic mass is 10.3. The summed E-state index contributed by atoms with van der Waals surface area (Å²) in [6.07, 6.45) is 3.51. The van der Waals surface area contributed by atoms with E-state index in [1.165, 1.54) is 0 Å². The molecule has 1 fully saturated rings. The summed E-state index contributed by atoms with van der Waals surface area (Å²) < 4.78 is 0. The molecule has 0 spiro atoms. The van der Waals surface area contributed by atoms with Crippen LogP contribution in [0.5, 0.6) is 0 Å². The Morgan fingerprint density at radius 1 is 1.36 bits per heavy atom. The van der Waals surface area contributed by atoms with Crippen LogP contribution in [0.1, 0.15) is 5.56 Å². The third kappa shape index (κ3) is 1.43. The van der Waals surface area contributed by atoms with Gasteiger partial charge in [-0.25, -0.2) is 4.79 Å². The van der Waals surface area contributed by atoms with Gasteiger partial charge in [0.15, 0.2) is 0 Å². The molecule has 1 aromatic rings. The van der Waals surface area contributed by atoms with Crippen molar-refractivity contribution < 1.29 is 4.79 Å². The van der Waals surface area contributed by atoms with Crippen molar-refractivity contribution in [2.45, 2.75) is 6.92 Å². The molecule has 74 valence electrons. The van der Waals surface area contributed by atoms with E-state index in [9.17, 15) is 4.79 Å². The number of anilines is 1. The van der Waals surface area contributed by atoms with Crippen molar-refractivity contribution >= 4 is 11.7 Å². The molecule has 0 atom stereocenters. The maximum atomic E-state index is 11.6. The first-order valence-corrected chi connectivity index (χ1v) is 4.63. The number of carbonyl (C=O) groups is 1. The van der Waals surface area contributed by atoms with Crippen molar-refractivity contribution in [3.63, 3.8) is 0 Å². The summed E-state index contributed by atoms with van der Waals surface area (Å²) in [6.45, 7) is 3.51. The van der Waals surface area contributed by atoms with Crippen molar-refractivity contribution in [1.82, 2.24) is 9.88 Å². The molecule has 4 heteroatoms. The topological polar surface area (TPSA) is 36.4 Å². The molecular formula is C10H13N3O. The van der Waals surface area contributed by atoms with E-state index in [2.05, 4.69) is 4.98 Å². The minimum atomic E-state index is 0.0531. The first kappa shape index (κ1) is 8.99. The van der Waals surface area contributed by atoms with Crippen molar-refractivity contribution in [3.05, 3.63) is 24.0 Å². The molecule has 0 saturated carbocycles. The van der Waals surface area contributed by atoms with E-state index >= 15 is 0 Å². The van der Waals surface area contributed by atoms with Gasteiger partial charge in [0.1, 0.15) is 0 Å². The number of aryl methyl sites for hydroxylation is 1. The Morgan fingerprint density at radius 3 is 2.71 bits per heavy atom. The average molecular weight is 191 g/mol. The minimum absolute atomic E-state index is 0.0531. The monoisotopic (exact) mass is 191 g/mol. The van der Waals surface area contributed by atoms with Gasteiger partial charge in [-0.15, -0.1) is 0 Å². The van der Waals surface area contributed by atoms with Gasteiger partial charge in [-0.3, -0.25) is 9.88 Å². The second-order valence-electron chi connectivity index (χ2n) is 3.58. The van der Waals surface area contributed by atoms with Crippen LogP contribution in [-0.2, 0) is 0 Å². The second-order valence-corrected chi connectivity index (χ2v) is 3.58. The summed E-state index contributed by atoms with van der Waals surface area (Å²) >= 11 is 0. The van der Waals surface area contributed by atoms with E-state index in [4.69, 9.17) is 0 Å². The van der Waals surface area contributed by atoms with Crippen LogP contribution in [0.3, 0.4) is 0 Å². The highest BCUT2D eigenvalue weighted by molar-refractivity contribution is 5.93. The Bertz CT molecular complexity index is 364. The summed E-state index contributed by atoms with van der Waals surface area (Å²) in [7, 11) is 1.81. The lowest BCUT2D eigenvalue weighted by Gasteiger charge is -2.15. The molecule has 1 aromatic heterocycles. The molecule has 1 aliphatic rings. The molecule has 0 aromatic carbocycles. The Hall–Kier alpha value is -1.58. The smallest absolute Gasteiger partial charge is 0.324 e.